The predicted octanol–water partition coefficient (Wildman–Crippen LogP) is 5.08. The molecule has 5 rings (SSSR count). The number of carbonyl (C=O) groups excluding carboxylic acids is 3. The molecule has 0 radical (unpaired) electrons. The normalized spacial score (nSPS) is 16.4. The molecule has 0 bridgehead atoms. The molecule has 1 aliphatic rings. The van der Waals surface area contributed by atoms with Gasteiger partial charge in [-0.2, -0.15) is 0 Å². The Kier molecular flexibility index (Phi) is 7.46. The van der Waals surface area contributed by atoms with Crippen LogP contribution in [0.25, 0.3) is 11.4 Å². The van der Waals surface area contributed by atoms with E-state index in [9.17, 15) is 19.5 Å². The van der Waals surface area contributed by atoms with Crippen LogP contribution in [-0.2, 0) is 14.3 Å². The maximum atomic E-state index is 13.6. The molecular formula is C30H28N4O6S. The van der Waals surface area contributed by atoms with Crippen molar-refractivity contribution in [3.05, 3.63) is 93.9 Å². The SMILES string of the molecule is C=CCOc1ccc(C2/C(=C(\O)c3nc4c(C)cccn4c3C)C(=O)C(=O)N2c2nc(C)c(C(=O)OCC)s2)cc1. The largest absolute Gasteiger partial charge is 0.505 e. The number of amides is 1. The fourth-order valence-electron chi connectivity index (χ4n) is 4.79. The molecule has 210 valence electrons. The number of hydrogen-bond acceptors (Lipinski definition) is 9. The van der Waals surface area contributed by atoms with Crippen molar-refractivity contribution in [2.75, 3.05) is 18.1 Å². The molecule has 1 aliphatic heterocycles. The predicted molar refractivity (Wildman–Crippen MR) is 154 cm³/mol. The second kappa shape index (κ2) is 11.0. The molecule has 1 saturated heterocycles. The first-order valence-electron chi connectivity index (χ1n) is 12.9. The number of aliphatic hydroxyl groups excluding tert-OH is 1. The highest BCUT2D eigenvalue weighted by atomic mass is 32.1. The molecular weight excluding hydrogens is 544 g/mol. The van der Waals surface area contributed by atoms with E-state index in [0.717, 1.165) is 16.9 Å². The van der Waals surface area contributed by atoms with Crippen LogP contribution in [0, 0.1) is 20.8 Å². The Hall–Kier alpha value is -4.77. The number of aliphatic hydroxyl groups is 1. The highest BCUT2D eigenvalue weighted by Gasteiger charge is 2.49. The third-order valence-electron chi connectivity index (χ3n) is 6.77. The van der Waals surface area contributed by atoms with E-state index in [2.05, 4.69) is 16.5 Å². The maximum absolute atomic E-state index is 13.6. The fourth-order valence-corrected chi connectivity index (χ4v) is 5.78. The number of ketones is 1. The summed E-state index contributed by atoms with van der Waals surface area (Å²) in [5.41, 5.74) is 3.06. The van der Waals surface area contributed by atoms with Gasteiger partial charge in [0.2, 0.25) is 0 Å². The number of fused-ring (bicyclic) bond motifs is 1. The molecule has 1 atom stereocenters. The lowest BCUT2D eigenvalue weighted by Gasteiger charge is -2.23. The van der Waals surface area contributed by atoms with Gasteiger partial charge >= 0.3 is 11.9 Å². The third kappa shape index (κ3) is 4.78. The molecule has 11 heteroatoms. The molecule has 41 heavy (non-hydrogen) atoms. The minimum absolute atomic E-state index is 0.131. The van der Waals surface area contributed by atoms with Crippen molar-refractivity contribution in [1.29, 1.82) is 0 Å². The number of carbonyl (C=O) groups is 3. The van der Waals surface area contributed by atoms with Gasteiger partial charge in [-0.3, -0.25) is 14.5 Å². The highest BCUT2D eigenvalue weighted by molar-refractivity contribution is 7.17. The zero-order chi connectivity index (χ0) is 29.4. The monoisotopic (exact) mass is 572 g/mol. The van der Waals surface area contributed by atoms with E-state index in [4.69, 9.17) is 9.47 Å². The van der Waals surface area contributed by atoms with E-state index in [1.807, 2.05) is 29.7 Å². The van der Waals surface area contributed by atoms with Gasteiger partial charge in [-0.25, -0.2) is 14.8 Å². The first kappa shape index (κ1) is 27.8. The molecule has 0 aliphatic carbocycles. The molecule has 1 fully saturated rings. The Morgan fingerprint density at radius 3 is 2.54 bits per heavy atom. The number of ether oxygens (including phenoxy) is 2. The Labute approximate surface area is 240 Å². The van der Waals surface area contributed by atoms with E-state index < -0.39 is 29.5 Å². The van der Waals surface area contributed by atoms with Crippen LogP contribution in [0.3, 0.4) is 0 Å². The highest BCUT2D eigenvalue weighted by Crippen LogP contribution is 2.44. The second-order valence-corrected chi connectivity index (χ2v) is 10.4. The summed E-state index contributed by atoms with van der Waals surface area (Å²) in [5.74, 6) is -2.18. The van der Waals surface area contributed by atoms with E-state index in [0.29, 0.717) is 35.0 Å². The molecule has 1 aromatic carbocycles. The average molecular weight is 573 g/mol. The van der Waals surface area contributed by atoms with Crippen molar-refractivity contribution in [2.24, 2.45) is 0 Å². The van der Waals surface area contributed by atoms with Gasteiger partial charge in [-0.1, -0.05) is 42.2 Å². The van der Waals surface area contributed by atoms with E-state index in [1.54, 1.807) is 51.1 Å². The maximum Gasteiger partial charge on any atom is 0.350 e. The summed E-state index contributed by atoms with van der Waals surface area (Å²) in [6.07, 6.45) is 3.43. The summed E-state index contributed by atoms with van der Waals surface area (Å²) in [4.78, 5) is 50.2. The topological polar surface area (TPSA) is 123 Å². The van der Waals surface area contributed by atoms with Crippen LogP contribution in [0.15, 0.2) is 60.8 Å². The van der Waals surface area contributed by atoms with Crippen LogP contribution in [0.2, 0.25) is 0 Å². The minimum atomic E-state index is -1.05. The van der Waals surface area contributed by atoms with Crippen LogP contribution in [0.4, 0.5) is 5.13 Å². The van der Waals surface area contributed by atoms with Crippen LogP contribution in [0.5, 0.6) is 5.75 Å². The van der Waals surface area contributed by atoms with Crippen molar-refractivity contribution in [2.45, 2.75) is 33.7 Å². The fraction of sp³-hybridized carbons (Fsp3) is 0.233. The van der Waals surface area contributed by atoms with Crippen molar-refractivity contribution < 1.29 is 29.0 Å². The molecule has 0 saturated carbocycles. The first-order chi connectivity index (χ1) is 19.7. The number of nitrogens with zero attached hydrogens (tertiary/aromatic N) is 4. The molecule has 10 nitrogen and oxygen atoms in total. The number of aromatic nitrogens is 3. The zero-order valence-corrected chi connectivity index (χ0v) is 23.8. The van der Waals surface area contributed by atoms with E-state index >= 15 is 0 Å². The van der Waals surface area contributed by atoms with Crippen molar-refractivity contribution in [1.82, 2.24) is 14.4 Å². The first-order valence-corrected chi connectivity index (χ1v) is 13.7. The molecule has 1 N–H and O–H groups in total. The van der Waals surface area contributed by atoms with Crippen LogP contribution >= 0.6 is 11.3 Å². The number of rotatable bonds is 8. The summed E-state index contributed by atoms with van der Waals surface area (Å²) in [6, 6.07) is 9.54. The molecule has 1 unspecified atom stereocenters. The van der Waals surface area contributed by atoms with Gasteiger partial charge in [0, 0.05) is 6.20 Å². The van der Waals surface area contributed by atoms with Gasteiger partial charge < -0.3 is 19.0 Å². The number of imidazole rings is 1. The quantitative estimate of drug-likeness (QED) is 0.102. The summed E-state index contributed by atoms with van der Waals surface area (Å²) in [5, 5.41) is 11.8. The number of benzene rings is 1. The summed E-state index contributed by atoms with van der Waals surface area (Å²) >= 11 is 0.949. The number of esters is 1. The number of Topliss-reactive ketones (excluding diaryl/α,β-unsaturated/α-hetero) is 1. The van der Waals surface area contributed by atoms with Crippen LogP contribution in [0.1, 0.15) is 50.8 Å². The summed E-state index contributed by atoms with van der Waals surface area (Å²) in [7, 11) is 0. The Bertz CT molecular complexity index is 1730. The minimum Gasteiger partial charge on any atom is -0.505 e. The van der Waals surface area contributed by atoms with Gasteiger partial charge in [0.25, 0.3) is 5.78 Å². The standard InChI is InChI=1S/C30H28N4O6S/c1-6-15-40-20-12-10-19(11-13-20)23-21(24(35)22-18(5)33-14-8-9-16(3)27(33)32-22)25(36)28(37)34(23)30-31-17(4)26(41-30)29(38)39-7-2/h6,8-14,23,35H,1,7,15H2,2-5H3/b24-21+. The number of aryl methyl sites for hydroxylation is 3. The number of anilines is 1. The van der Waals surface area contributed by atoms with E-state index in [1.165, 1.54) is 4.90 Å². The van der Waals surface area contributed by atoms with Crippen molar-refractivity contribution in [3.8, 4) is 5.75 Å². The zero-order valence-electron chi connectivity index (χ0n) is 23.0. The number of hydrogen-bond donors (Lipinski definition) is 1. The van der Waals surface area contributed by atoms with Gasteiger partial charge in [0.1, 0.15) is 28.6 Å². The average Bonchev–Trinajstić information content (AvgIpc) is 3.59. The lowest BCUT2D eigenvalue weighted by molar-refractivity contribution is -0.132. The molecule has 0 spiro atoms. The van der Waals surface area contributed by atoms with Gasteiger partial charge in [-0.05, 0) is 57.0 Å². The second-order valence-electron chi connectivity index (χ2n) is 9.40. The van der Waals surface area contributed by atoms with Crippen molar-refractivity contribution >= 4 is 45.5 Å². The lowest BCUT2D eigenvalue weighted by atomic mass is 9.96. The Morgan fingerprint density at radius 2 is 1.88 bits per heavy atom. The molecule has 4 heterocycles. The van der Waals surface area contributed by atoms with Crippen LogP contribution in [-0.4, -0.2) is 50.3 Å². The molecule has 1 amide bonds. The van der Waals surface area contributed by atoms with E-state index in [-0.39, 0.29) is 27.9 Å². The number of thiazole rings is 1. The third-order valence-corrected chi connectivity index (χ3v) is 7.91. The van der Waals surface area contributed by atoms with Gasteiger partial charge in [0.15, 0.2) is 10.9 Å². The molecule has 3 aromatic heterocycles. The van der Waals surface area contributed by atoms with Crippen LogP contribution < -0.4 is 9.64 Å². The lowest BCUT2D eigenvalue weighted by Crippen LogP contribution is -2.29. The Balaban J connectivity index is 1.70. The molecule has 4 aromatic rings. The van der Waals surface area contributed by atoms with Gasteiger partial charge in [-0.15, -0.1) is 0 Å². The summed E-state index contributed by atoms with van der Waals surface area (Å²) < 4.78 is 12.6. The smallest absolute Gasteiger partial charge is 0.350 e. The number of pyridine rings is 1. The Morgan fingerprint density at radius 1 is 1.15 bits per heavy atom. The summed E-state index contributed by atoms with van der Waals surface area (Å²) in [6.45, 7) is 11.1. The van der Waals surface area contributed by atoms with Crippen molar-refractivity contribution in [3.63, 3.8) is 0 Å². The van der Waals surface area contributed by atoms with Gasteiger partial charge in [0.05, 0.1) is 29.6 Å².